The van der Waals surface area contributed by atoms with Crippen LogP contribution in [0.5, 0.6) is 11.5 Å². The van der Waals surface area contributed by atoms with E-state index in [2.05, 4.69) is 25.6 Å². The average Bonchev–Trinajstić information content (AvgIpc) is 3.16. The van der Waals surface area contributed by atoms with Crippen LogP contribution in [0.2, 0.25) is 5.02 Å². The lowest BCUT2D eigenvalue weighted by Gasteiger charge is -2.28. The molecule has 1 unspecified atom stereocenters. The van der Waals surface area contributed by atoms with Crippen molar-refractivity contribution in [3.05, 3.63) is 59.2 Å². The Morgan fingerprint density at radius 2 is 1.94 bits per heavy atom. The van der Waals surface area contributed by atoms with Crippen molar-refractivity contribution in [2.45, 2.75) is 31.0 Å². The van der Waals surface area contributed by atoms with Crippen LogP contribution < -0.4 is 14.2 Å². The second kappa shape index (κ2) is 9.67. The van der Waals surface area contributed by atoms with Crippen molar-refractivity contribution in [2.24, 2.45) is 0 Å². The number of hydrogen-bond acceptors (Lipinski definition) is 7. The number of hydrogen-bond donors (Lipinski definition) is 1. The second-order valence-corrected chi connectivity index (χ2v) is 10.7. The number of aromatic nitrogens is 1. The third kappa shape index (κ3) is 4.85. The van der Waals surface area contributed by atoms with Gasteiger partial charge in [0.25, 0.3) is 0 Å². The lowest BCUT2D eigenvalue weighted by molar-refractivity contribution is 0.174. The van der Waals surface area contributed by atoms with E-state index in [0.717, 1.165) is 50.6 Å². The van der Waals surface area contributed by atoms with E-state index in [1.165, 1.54) is 11.6 Å². The highest BCUT2D eigenvalue weighted by Gasteiger charge is 2.26. The van der Waals surface area contributed by atoms with Crippen LogP contribution in [0.4, 0.5) is 0 Å². The number of rotatable bonds is 6. The van der Waals surface area contributed by atoms with Crippen LogP contribution >= 0.6 is 11.6 Å². The van der Waals surface area contributed by atoms with E-state index >= 15 is 0 Å². The van der Waals surface area contributed by atoms with Crippen LogP contribution in [0.15, 0.2) is 53.6 Å². The van der Waals surface area contributed by atoms with Crippen LogP contribution in [-0.2, 0) is 16.6 Å². The second-order valence-electron chi connectivity index (χ2n) is 8.60. The van der Waals surface area contributed by atoms with Gasteiger partial charge in [-0.15, -0.1) is 0 Å². The average molecular weight is 503 g/mol. The lowest BCUT2D eigenvalue weighted by Crippen LogP contribution is -2.47. The van der Waals surface area contributed by atoms with Crippen LogP contribution in [0, 0.1) is 0 Å². The molecule has 5 rings (SSSR count). The van der Waals surface area contributed by atoms with Crippen LogP contribution in [0.1, 0.15) is 18.9 Å². The Morgan fingerprint density at radius 3 is 2.82 bits per heavy atom. The van der Waals surface area contributed by atoms with Gasteiger partial charge < -0.3 is 9.47 Å². The summed E-state index contributed by atoms with van der Waals surface area (Å²) in [5, 5.41) is 0.943. The van der Waals surface area contributed by atoms with E-state index in [1.54, 1.807) is 24.4 Å². The van der Waals surface area contributed by atoms with Gasteiger partial charge in [-0.25, -0.2) is 8.42 Å². The number of nitrogens with zero attached hydrogens (tertiary/aromatic N) is 3. The highest BCUT2D eigenvalue weighted by atomic mass is 35.5. The summed E-state index contributed by atoms with van der Waals surface area (Å²) in [4.78, 5) is 8.99. The Morgan fingerprint density at radius 1 is 1.09 bits per heavy atom. The van der Waals surface area contributed by atoms with Crippen molar-refractivity contribution in [1.29, 1.82) is 0 Å². The fourth-order valence-electron chi connectivity index (χ4n) is 4.54. The number of fused-ring (bicyclic) bond motifs is 2. The van der Waals surface area contributed by atoms with E-state index < -0.39 is 10.0 Å². The molecule has 0 amide bonds. The first-order valence-electron chi connectivity index (χ1n) is 11.3. The Bertz CT molecular complexity index is 1300. The Balaban J connectivity index is 1.24. The fourth-order valence-corrected chi connectivity index (χ4v) is 6.18. The summed E-state index contributed by atoms with van der Waals surface area (Å²) in [7, 11) is -3.76. The molecule has 3 aromatic rings. The van der Waals surface area contributed by atoms with E-state index in [9.17, 15) is 8.42 Å². The van der Waals surface area contributed by atoms with Gasteiger partial charge in [0.15, 0.2) is 11.5 Å². The van der Waals surface area contributed by atoms with Gasteiger partial charge in [0, 0.05) is 37.8 Å². The molecule has 1 saturated heterocycles. The predicted octanol–water partition coefficient (Wildman–Crippen LogP) is 3.45. The van der Waals surface area contributed by atoms with Gasteiger partial charge in [0.05, 0.1) is 21.6 Å². The minimum atomic E-state index is -3.76. The van der Waals surface area contributed by atoms with Gasteiger partial charge in [-0.3, -0.25) is 14.8 Å². The van der Waals surface area contributed by atoms with Gasteiger partial charge in [-0.2, -0.15) is 4.72 Å². The number of pyridine rings is 1. The van der Waals surface area contributed by atoms with Crippen LogP contribution in [-0.4, -0.2) is 62.3 Å². The highest BCUT2D eigenvalue weighted by Crippen LogP contribution is 2.33. The molecule has 10 heteroatoms. The third-order valence-electron chi connectivity index (χ3n) is 6.31. The number of halogens is 1. The Labute approximate surface area is 204 Å². The largest absolute Gasteiger partial charge is 0.454 e. The van der Waals surface area contributed by atoms with Crippen molar-refractivity contribution in [3.63, 3.8) is 0 Å². The molecule has 1 atom stereocenters. The molecule has 0 saturated carbocycles. The van der Waals surface area contributed by atoms with Crippen molar-refractivity contribution in [2.75, 3.05) is 33.0 Å². The van der Waals surface area contributed by atoms with E-state index in [4.69, 9.17) is 21.1 Å². The molecule has 0 bridgehead atoms. The van der Waals surface area contributed by atoms with E-state index in [0.29, 0.717) is 15.9 Å². The molecule has 0 spiro atoms. The first-order chi connectivity index (χ1) is 16.4. The van der Waals surface area contributed by atoms with Crippen molar-refractivity contribution >= 4 is 32.5 Å². The summed E-state index contributed by atoms with van der Waals surface area (Å²) in [6, 6.07) is 12.6. The SMILES string of the molecule is CC(NS(=O)(=O)c1ccc(Cl)c2ncccc12)N1CCCN(Cc2ccc3c(c2)OCO3)CC1. The lowest BCUT2D eigenvalue weighted by atomic mass is 10.2. The highest BCUT2D eigenvalue weighted by molar-refractivity contribution is 7.89. The van der Waals surface area contributed by atoms with E-state index in [1.807, 2.05) is 19.1 Å². The minimum absolute atomic E-state index is 0.186. The molecular weight excluding hydrogens is 476 g/mol. The van der Waals surface area contributed by atoms with Gasteiger partial charge in [0.2, 0.25) is 16.8 Å². The minimum Gasteiger partial charge on any atom is -0.454 e. The molecule has 1 aromatic heterocycles. The maximum atomic E-state index is 13.3. The third-order valence-corrected chi connectivity index (χ3v) is 8.20. The molecule has 180 valence electrons. The maximum Gasteiger partial charge on any atom is 0.242 e. The number of benzene rings is 2. The van der Waals surface area contributed by atoms with Crippen molar-refractivity contribution in [1.82, 2.24) is 19.5 Å². The molecule has 8 nitrogen and oxygen atoms in total. The van der Waals surface area contributed by atoms with Crippen LogP contribution in [0.25, 0.3) is 10.9 Å². The Hall–Kier alpha value is -2.43. The molecular formula is C24H27ClN4O4S. The van der Waals surface area contributed by atoms with Gasteiger partial charge in [-0.1, -0.05) is 17.7 Å². The quantitative estimate of drug-likeness (QED) is 0.552. The monoisotopic (exact) mass is 502 g/mol. The first-order valence-corrected chi connectivity index (χ1v) is 13.2. The van der Waals surface area contributed by atoms with Crippen LogP contribution in [0.3, 0.4) is 0 Å². The van der Waals surface area contributed by atoms with Crippen molar-refractivity contribution in [3.8, 4) is 11.5 Å². The molecule has 0 aliphatic carbocycles. The summed E-state index contributed by atoms with van der Waals surface area (Å²) in [5.74, 6) is 1.58. The van der Waals surface area contributed by atoms with Gasteiger partial charge in [-0.05, 0) is 61.9 Å². The zero-order valence-electron chi connectivity index (χ0n) is 18.9. The van der Waals surface area contributed by atoms with Gasteiger partial charge >= 0.3 is 0 Å². The molecule has 0 radical (unpaired) electrons. The normalized spacial score (nSPS) is 18.2. The molecule has 1 fully saturated rings. The topological polar surface area (TPSA) is 84.0 Å². The summed E-state index contributed by atoms with van der Waals surface area (Å²) < 4.78 is 40.2. The maximum absolute atomic E-state index is 13.3. The first kappa shape index (κ1) is 23.3. The number of nitrogens with one attached hydrogen (secondary N) is 1. The summed E-state index contributed by atoms with van der Waals surface area (Å²) >= 11 is 6.22. The molecule has 34 heavy (non-hydrogen) atoms. The zero-order valence-corrected chi connectivity index (χ0v) is 20.5. The summed E-state index contributed by atoms with van der Waals surface area (Å²) in [5.41, 5.74) is 1.66. The predicted molar refractivity (Wildman–Crippen MR) is 131 cm³/mol. The molecule has 1 N–H and O–H groups in total. The molecule has 2 aromatic carbocycles. The molecule has 2 aliphatic rings. The summed E-state index contributed by atoms with van der Waals surface area (Å²) in [6.45, 7) is 6.33. The standard InChI is InChI=1S/C24H27ClN4O4S/c1-17(27-34(30,31)23-8-6-20(25)24-19(23)4-2-9-26-24)29-11-3-10-28(12-13-29)15-18-5-7-21-22(14-18)33-16-32-21/h2,4-9,14,17,27H,3,10-13,15-16H2,1H3. The van der Waals surface area contributed by atoms with Crippen molar-refractivity contribution < 1.29 is 17.9 Å². The fraction of sp³-hybridized carbons (Fsp3) is 0.375. The van der Waals surface area contributed by atoms with Gasteiger partial charge in [0.1, 0.15) is 0 Å². The smallest absolute Gasteiger partial charge is 0.242 e. The van der Waals surface area contributed by atoms with E-state index in [-0.39, 0.29) is 17.9 Å². The number of ether oxygens (including phenoxy) is 2. The number of sulfonamides is 1. The molecule has 3 heterocycles. The summed E-state index contributed by atoms with van der Waals surface area (Å²) in [6.07, 6.45) is 2.20. The zero-order chi connectivity index (χ0) is 23.7. The molecule has 2 aliphatic heterocycles. The Kier molecular flexibility index (Phi) is 6.63.